The molecular formula is C22H13F3N4O2S. The van der Waals surface area contributed by atoms with Crippen molar-refractivity contribution >= 4 is 40.5 Å². The average Bonchev–Trinajstić information content (AvgIpc) is 3.37. The highest BCUT2D eigenvalue weighted by molar-refractivity contribution is 7.99. The minimum Gasteiger partial charge on any atom is -0.450 e. The number of anilines is 1. The number of aromatic amines is 1. The minimum absolute atomic E-state index is 0.0773. The number of rotatable bonds is 5. The van der Waals surface area contributed by atoms with Crippen LogP contribution in [0.15, 0.2) is 80.9 Å². The van der Waals surface area contributed by atoms with E-state index in [-0.39, 0.29) is 17.0 Å². The van der Waals surface area contributed by atoms with Gasteiger partial charge >= 0.3 is 6.18 Å². The Hall–Kier alpha value is -3.97. The molecule has 0 atom stereocenters. The molecule has 4 rings (SSSR count). The van der Waals surface area contributed by atoms with Gasteiger partial charge in [0.05, 0.1) is 16.6 Å². The Labute approximate surface area is 183 Å². The van der Waals surface area contributed by atoms with E-state index < -0.39 is 17.6 Å². The van der Waals surface area contributed by atoms with Crippen LogP contribution in [0.3, 0.4) is 0 Å². The maximum Gasteiger partial charge on any atom is 0.416 e. The Morgan fingerprint density at radius 1 is 1.16 bits per heavy atom. The second-order valence-corrected chi connectivity index (χ2v) is 7.51. The molecule has 1 amide bonds. The predicted octanol–water partition coefficient (Wildman–Crippen LogP) is 5.87. The summed E-state index contributed by atoms with van der Waals surface area (Å²) >= 11 is 1.23. The van der Waals surface area contributed by atoms with E-state index in [0.717, 1.165) is 23.2 Å². The van der Waals surface area contributed by atoms with E-state index in [1.165, 1.54) is 30.0 Å². The molecule has 0 saturated heterocycles. The van der Waals surface area contributed by atoms with Gasteiger partial charge in [-0.25, -0.2) is 4.98 Å². The molecule has 0 aliphatic heterocycles. The summed E-state index contributed by atoms with van der Waals surface area (Å²) < 4.78 is 44.1. The lowest BCUT2D eigenvalue weighted by Gasteiger charge is -2.09. The lowest BCUT2D eigenvalue weighted by Crippen LogP contribution is -2.14. The molecule has 6 nitrogen and oxygen atoms in total. The van der Waals surface area contributed by atoms with E-state index in [1.54, 1.807) is 18.2 Å². The van der Waals surface area contributed by atoms with Gasteiger partial charge in [0.1, 0.15) is 17.4 Å². The van der Waals surface area contributed by atoms with E-state index in [1.807, 2.05) is 24.3 Å². The van der Waals surface area contributed by atoms with Crippen molar-refractivity contribution in [3.8, 4) is 6.07 Å². The Morgan fingerprint density at radius 3 is 2.72 bits per heavy atom. The van der Waals surface area contributed by atoms with Crippen LogP contribution in [0.4, 0.5) is 18.9 Å². The maximum atomic E-state index is 12.8. The van der Waals surface area contributed by atoms with Crippen LogP contribution in [0.2, 0.25) is 0 Å². The van der Waals surface area contributed by atoms with Crippen molar-refractivity contribution in [2.45, 2.75) is 16.4 Å². The Balaban J connectivity index is 1.48. The van der Waals surface area contributed by atoms with Crippen LogP contribution in [0.1, 0.15) is 11.3 Å². The number of nitrogens with one attached hydrogen (secondary N) is 2. The Kier molecular flexibility index (Phi) is 5.75. The third-order valence-electron chi connectivity index (χ3n) is 4.27. The fourth-order valence-electron chi connectivity index (χ4n) is 2.80. The van der Waals surface area contributed by atoms with E-state index >= 15 is 0 Å². The monoisotopic (exact) mass is 454 g/mol. The van der Waals surface area contributed by atoms with Gasteiger partial charge in [0, 0.05) is 11.8 Å². The summed E-state index contributed by atoms with van der Waals surface area (Å²) in [6.07, 6.45) is -3.33. The van der Waals surface area contributed by atoms with E-state index in [2.05, 4.69) is 15.3 Å². The first-order valence-electron chi connectivity index (χ1n) is 9.15. The van der Waals surface area contributed by atoms with Gasteiger partial charge in [-0.1, -0.05) is 18.2 Å². The Bertz CT molecular complexity index is 1330. The first kappa shape index (κ1) is 21.3. The summed E-state index contributed by atoms with van der Waals surface area (Å²) in [5.74, 6) is -0.617. The number of carbonyl (C=O) groups excluding carboxylic acids is 1. The molecule has 0 fully saturated rings. The molecule has 0 unspecified atom stereocenters. The SMILES string of the molecule is N#C/C(=C/c1ccc(Sc2nc3ccccc3[nH]2)o1)C(=O)Nc1cccc(C(F)(F)F)c1. The zero-order valence-electron chi connectivity index (χ0n) is 16.1. The Morgan fingerprint density at radius 2 is 1.97 bits per heavy atom. The third-order valence-corrected chi connectivity index (χ3v) is 5.07. The molecule has 0 saturated carbocycles. The van der Waals surface area contributed by atoms with Crippen molar-refractivity contribution in [3.05, 3.63) is 77.6 Å². The van der Waals surface area contributed by atoms with Gasteiger partial charge in [-0.2, -0.15) is 18.4 Å². The smallest absolute Gasteiger partial charge is 0.416 e. The summed E-state index contributed by atoms with van der Waals surface area (Å²) in [6.45, 7) is 0. The summed E-state index contributed by atoms with van der Waals surface area (Å²) in [7, 11) is 0. The maximum absolute atomic E-state index is 12.8. The molecule has 2 N–H and O–H groups in total. The van der Waals surface area contributed by atoms with Crippen molar-refractivity contribution in [1.29, 1.82) is 5.26 Å². The molecule has 10 heteroatoms. The van der Waals surface area contributed by atoms with Gasteiger partial charge in [0.25, 0.3) is 5.91 Å². The number of aromatic nitrogens is 2. The summed E-state index contributed by atoms with van der Waals surface area (Å²) in [4.78, 5) is 19.9. The molecule has 0 spiro atoms. The number of benzene rings is 2. The summed E-state index contributed by atoms with van der Waals surface area (Å²) in [6, 6.07) is 16.6. The zero-order valence-corrected chi connectivity index (χ0v) is 16.9. The van der Waals surface area contributed by atoms with Gasteiger partial charge in [-0.15, -0.1) is 0 Å². The molecule has 2 aromatic carbocycles. The number of nitrogens with zero attached hydrogens (tertiary/aromatic N) is 2. The molecule has 4 aromatic rings. The van der Waals surface area contributed by atoms with Crippen LogP contribution in [0, 0.1) is 11.3 Å². The second-order valence-electron chi connectivity index (χ2n) is 6.52. The van der Waals surface area contributed by atoms with Crippen molar-refractivity contribution in [2.75, 3.05) is 5.32 Å². The zero-order chi connectivity index (χ0) is 22.7. The van der Waals surface area contributed by atoms with Crippen molar-refractivity contribution < 1.29 is 22.4 Å². The van der Waals surface area contributed by atoms with Gasteiger partial charge in [0.2, 0.25) is 0 Å². The molecule has 160 valence electrons. The highest BCUT2D eigenvalue weighted by atomic mass is 32.2. The van der Waals surface area contributed by atoms with Gasteiger partial charge in [0.15, 0.2) is 10.2 Å². The molecule has 0 radical (unpaired) electrons. The van der Waals surface area contributed by atoms with Crippen LogP contribution < -0.4 is 5.32 Å². The standard InChI is InChI=1S/C22H13F3N4O2S/c23-22(24,25)14-4-3-5-15(11-14)27-20(30)13(12-26)10-16-8-9-19(31-16)32-21-28-17-6-1-2-7-18(17)29-21/h1-11H,(H,27,30)(H,28,29)/b13-10-. The fraction of sp³-hybridized carbons (Fsp3) is 0.0455. The number of amides is 1. The van der Waals surface area contributed by atoms with Crippen LogP contribution >= 0.6 is 11.8 Å². The topological polar surface area (TPSA) is 94.7 Å². The highest BCUT2D eigenvalue weighted by Crippen LogP contribution is 2.31. The predicted molar refractivity (Wildman–Crippen MR) is 113 cm³/mol. The van der Waals surface area contributed by atoms with E-state index in [0.29, 0.717) is 10.2 Å². The molecule has 0 aliphatic carbocycles. The number of nitriles is 1. The van der Waals surface area contributed by atoms with Crippen LogP contribution in [0.5, 0.6) is 0 Å². The number of imidazole rings is 1. The van der Waals surface area contributed by atoms with Gasteiger partial charge < -0.3 is 14.7 Å². The summed E-state index contributed by atoms with van der Waals surface area (Å²) in [5, 5.41) is 12.7. The molecule has 0 bridgehead atoms. The number of carbonyl (C=O) groups is 1. The quantitative estimate of drug-likeness (QED) is 0.290. The first-order chi connectivity index (χ1) is 15.3. The van der Waals surface area contributed by atoms with E-state index in [4.69, 9.17) is 4.42 Å². The molecule has 2 aromatic heterocycles. The first-order valence-corrected chi connectivity index (χ1v) is 9.96. The second kappa shape index (κ2) is 8.64. The molecule has 2 heterocycles. The number of halogens is 3. The third kappa shape index (κ3) is 4.84. The summed E-state index contributed by atoms with van der Waals surface area (Å²) in [5.41, 5.74) is 0.374. The normalized spacial score (nSPS) is 12.0. The fourth-order valence-corrected chi connectivity index (χ4v) is 3.57. The number of furan rings is 1. The van der Waals surface area contributed by atoms with E-state index in [9.17, 15) is 23.2 Å². The van der Waals surface area contributed by atoms with Crippen LogP contribution in [-0.2, 0) is 11.0 Å². The lowest BCUT2D eigenvalue weighted by atomic mass is 10.1. The minimum atomic E-state index is -4.54. The number of hydrogen-bond donors (Lipinski definition) is 2. The molecular weight excluding hydrogens is 441 g/mol. The largest absolute Gasteiger partial charge is 0.450 e. The van der Waals surface area contributed by atoms with Crippen molar-refractivity contribution in [1.82, 2.24) is 9.97 Å². The highest BCUT2D eigenvalue weighted by Gasteiger charge is 2.30. The van der Waals surface area contributed by atoms with Gasteiger partial charge in [-0.05, 0) is 54.2 Å². The number of H-pyrrole nitrogens is 1. The molecule has 32 heavy (non-hydrogen) atoms. The van der Waals surface area contributed by atoms with Crippen LogP contribution in [-0.4, -0.2) is 15.9 Å². The van der Waals surface area contributed by atoms with Crippen molar-refractivity contribution in [3.63, 3.8) is 0 Å². The van der Waals surface area contributed by atoms with Crippen LogP contribution in [0.25, 0.3) is 17.1 Å². The molecule has 0 aliphatic rings. The number of hydrogen-bond acceptors (Lipinski definition) is 5. The number of fused-ring (bicyclic) bond motifs is 1. The average molecular weight is 454 g/mol. The van der Waals surface area contributed by atoms with Crippen molar-refractivity contribution in [2.24, 2.45) is 0 Å². The van der Waals surface area contributed by atoms with Gasteiger partial charge in [-0.3, -0.25) is 4.79 Å². The number of alkyl halides is 3. The lowest BCUT2D eigenvalue weighted by molar-refractivity contribution is -0.137. The number of para-hydroxylation sites is 2.